The Morgan fingerprint density at radius 2 is 1.94 bits per heavy atom. The summed E-state index contributed by atoms with van der Waals surface area (Å²) in [5, 5.41) is 14.8. The van der Waals surface area contributed by atoms with E-state index in [4.69, 9.17) is 4.74 Å². The van der Waals surface area contributed by atoms with Crippen molar-refractivity contribution in [3.63, 3.8) is 0 Å². The van der Waals surface area contributed by atoms with Crippen molar-refractivity contribution in [1.29, 1.82) is 0 Å². The quantitative estimate of drug-likeness (QED) is 0.691. The lowest BCUT2D eigenvalue weighted by molar-refractivity contribution is -0.154. The molecule has 2 amide bonds. The highest BCUT2D eigenvalue weighted by molar-refractivity contribution is 5.78. The number of ether oxygens (including phenoxy) is 1. The number of carboxylic acid groups (broad SMARTS) is 1. The topological polar surface area (TPSA) is 87.7 Å². The van der Waals surface area contributed by atoms with Crippen LogP contribution in [0.25, 0.3) is 0 Å². The molecule has 0 bridgehead atoms. The number of aliphatic carboxylic acids is 1. The zero-order valence-electron chi connectivity index (χ0n) is 10.4. The second kappa shape index (κ2) is 5.56. The Morgan fingerprint density at radius 3 is 2.44 bits per heavy atom. The van der Waals surface area contributed by atoms with Crippen LogP contribution >= 0.6 is 0 Å². The largest absolute Gasteiger partial charge is 0.481 e. The first-order chi connectivity index (χ1) is 8.62. The predicted molar refractivity (Wildman–Crippen MR) is 64.3 cm³/mol. The second-order valence-electron chi connectivity index (χ2n) is 5.15. The summed E-state index contributed by atoms with van der Waals surface area (Å²) >= 11 is 0. The number of carboxylic acids is 1. The first-order valence-electron chi connectivity index (χ1n) is 6.48. The molecular weight excluding hydrogens is 236 g/mol. The maximum atomic E-state index is 11.6. The van der Waals surface area contributed by atoms with E-state index in [9.17, 15) is 14.7 Å². The summed E-state index contributed by atoms with van der Waals surface area (Å²) in [6.45, 7) is 1.06. The highest BCUT2D eigenvalue weighted by Gasteiger charge is 2.40. The van der Waals surface area contributed by atoms with Crippen LogP contribution in [0, 0.1) is 5.41 Å². The third-order valence-corrected chi connectivity index (χ3v) is 3.93. The number of nitrogens with one attached hydrogen (secondary N) is 2. The van der Waals surface area contributed by atoms with E-state index in [0.717, 1.165) is 19.3 Å². The third kappa shape index (κ3) is 2.93. The fourth-order valence-electron chi connectivity index (χ4n) is 2.27. The number of carbonyl (C=O) groups is 2. The first kappa shape index (κ1) is 13.1. The Kier molecular flexibility index (Phi) is 4.06. The van der Waals surface area contributed by atoms with Crippen LogP contribution in [0.5, 0.6) is 0 Å². The summed E-state index contributed by atoms with van der Waals surface area (Å²) in [5.41, 5.74) is -0.866. The maximum Gasteiger partial charge on any atom is 0.315 e. The number of amides is 2. The van der Waals surface area contributed by atoms with Crippen molar-refractivity contribution in [2.45, 2.75) is 38.1 Å². The summed E-state index contributed by atoms with van der Waals surface area (Å²) in [7, 11) is 0. The molecule has 1 aliphatic carbocycles. The average Bonchev–Trinajstić information content (AvgIpc) is 2.32. The average molecular weight is 256 g/mol. The van der Waals surface area contributed by atoms with Gasteiger partial charge in [-0.15, -0.1) is 0 Å². The molecule has 2 fully saturated rings. The molecule has 1 heterocycles. The molecule has 3 N–H and O–H groups in total. The summed E-state index contributed by atoms with van der Waals surface area (Å²) in [5.74, 6) is -0.852. The van der Waals surface area contributed by atoms with Gasteiger partial charge in [-0.25, -0.2) is 4.79 Å². The van der Waals surface area contributed by atoms with Gasteiger partial charge in [-0.3, -0.25) is 4.79 Å². The molecule has 18 heavy (non-hydrogen) atoms. The molecule has 1 saturated heterocycles. The smallest absolute Gasteiger partial charge is 0.315 e. The summed E-state index contributed by atoms with van der Waals surface area (Å²) in [6.07, 6.45) is 4.09. The molecule has 1 saturated carbocycles. The van der Waals surface area contributed by atoms with Gasteiger partial charge >= 0.3 is 12.0 Å². The second-order valence-corrected chi connectivity index (χ2v) is 5.15. The molecule has 0 atom stereocenters. The van der Waals surface area contributed by atoms with Crippen LogP contribution in [0.15, 0.2) is 0 Å². The van der Waals surface area contributed by atoms with Crippen LogP contribution in [0.4, 0.5) is 4.79 Å². The summed E-state index contributed by atoms with van der Waals surface area (Å²) in [6, 6.07) is 0.00674. The van der Waals surface area contributed by atoms with E-state index in [2.05, 4.69) is 10.6 Å². The molecule has 0 aromatic heterocycles. The van der Waals surface area contributed by atoms with Gasteiger partial charge in [0.05, 0.1) is 5.41 Å². The maximum absolute atomic E-state index is 11.6. The molecule has 1 aliphatic heterocycles. The molecule has 0 aromatic carbocycles. The minimum Gasteiger partial charge on any atom is -0.481 e. The van der Waals surface area contributed by atoms with Crippen molar-refractivity contribution < 1.29 is 19.4 Å². The van der Waals surface area contributed by atoms with Crippen molar-refractivity contribution in [1.82, 2.24) is 10.6 Å². The monoisotopic (exact) mass is 256 g/mol. The number of hydrogen-bond donors (Lipinski definition) is 3. The molecule has 0 aromatic rings. The van der Waals surface area contributed by atoms with E-state index in [1.165, 1.54) is 0 Å². The molecule has 6 heteroatoms. The van der Waals surface area contributed by atoms with Crippen molar-refractivity contribution in [2.75, 3.05) is 19.8 Å². The van der Waals surface area contributed by atoms with E-state index < -0.39 is 11.4 Å². The number of carbonyl (C=O) groups excluding carboxylic acids is 1. The lowest BCUT2D eigenvalue weighted by Crippen LogP contribution is -2.51. The Bertz CT molecular complexity index is 322. The fraction of sp³-hybridized carbons (Fsp3) is 0.833. The Hall–Kier alpha value is -1.30. The fourth-order valence-corrected chi connectivity index (χ4v) is 2.27. The van der Waals surface area contributed by atoms with Gasteiger partial charge < -0.3 is 20.5 Å². The molecule has 0 radical (unpaired) electrons. The number of hydrogen-bond acceptors (Lipinski definition) is 3. The number of rotatable bonds is 4. The van der Waals surface area contributed by atoms with Crippen molar-refractivity contribution in [3.8, 4) is 0 Å². The standard InChI is InChI=1S/C12H20N2O4/c15-10(16)12(4-6-18-7-5-12)8-13-11(17)14-9-2-1-3-9/h9H,1-8H2,(H,15,16)(H2,13,14,17). The SMILES string of the molecule is O=C(NCC1(C(=O)O)CCOCC1)NC1CCC1. The molecular formula is C12H20N2O4. The third-order valence-electron chi connectivity index (χ3n) is 3.93. The van der Waals surface area contributed by atoms with E-state index in [1.807, 2.05) is 0 Å². The molecule has 0 unspecified atom stereocenters. The van der Waals surface area contributed by atoms with E-state index in [1.54, 1.807) is 0 Å². The molecule has 2 rings (SSSR count). The minimum absolute atomic E-state index is 0.171. The number of urea groups is 1. The van der Waals surface area contributed by atoms with Gasteiger partial charge in [0.15, 0.2) is 0 Å². The Balaban J connectivity index is 1.81. The highest BCUT2D eigenvalue weighted by atomic mass is 16.5. The van der Waals surface area contributed by atoms with Crippen molar-refractivity contribution in [2.24, 2.45) is 5.41 Å². The van der Waals surface area contributed by atoms with Crippen LogP contribution in [0.1, 0.15) is 32.1 Å². The van der Waals surface area contributed by atoms with Crippen LogP contribution in [0.2, 0.25) is 0 Å². The van der Waals surface area contributed by atoms with Gasteiger partial charge in [-0.1, -0.05) is 0 Å². The summed E-state index contributed by atoms with van der Waals surface area (Å²) in [4.78, 5) is 23.0. The minimum atomic E-state index is -0.866. The Labute approximate surface area is 106 Å². The zero-order chi connectivity index (χ0) is 13.0. The van der Waals surface area contributed by atoms with Gasteiger partial charge in [-0.2, -0.15) is 0 Å². The normalized spacial score (nSPS) is 22.9. The molecule has 2 aliphatic rings. The molecule has 6 nitrogen and oxygen atoms in total. The van der Waals surface area contributed by atoms with Crippen molar-refractivity contribution in [3.05, 3.63) is 0 Å². The highest BCUT2D eigenvalue weighted by Crippen LogP contribution is 2.30. The lowest BCUT2D eigenvalue weighted by atomic mass is 9.80. The van der Waals surface area contributed by atoms with Gasteiger partial charge in [0.2, 0.25) is 0 Å². The van der Waals surface area contributed by atoms with Crippen LogP contribution in [0.3, 0.4) is 0 Å². The Morgan fingerprint density at radius 1 is 1.28 bits per heavy atom. The van der Waals surface area contributed by atoms with Crippen LogP contribution in [-0.4, -0.2) is 42.9 Å². The van der Waals surface area contributed by atoms with Gasteiger partial charge in [0.25, 0.3) is 0 Å². The van der Waals surface area contributed by atoms with Gasteiger partial charge in [0, 0.05) is 25.8 Å². The van der Waals surface area contributed by atoms with E-state index >= 15 is 0 Å². The molecule has 102 valence electrons. The van der Waals surface area contributed by atoms with Crippen LogP contribution in [-0.2, 0) is 9.53 Å². The zero-order valence-corrected chi connectivity index (χ0v) is 10.4. The first-order valence-corrected chi connectivity index (χ1v) is 6.48. The van der Waals surface area contributed by atoms with E-state index in [-0.39, 0.29) is 18.6 Å². The molecule has 0 spiro atoms. The van der Waals surface area contributed by atoms with Gasteiger partial charge in [-0.05, 0) is 32.1 Å². The summed E-state index contributed by atoms with van der Waals surface area (Å²) < 4.78 is 5.18. The van der Waals surface area contributed by atoms with Crippen molar-refractivity contribution >= 4 is 12.0 Å². The lowest BCUT2D eigenvalue weighted by Gasteiger charge is -2.33. The van der Waals surface area contributed by atoms with Gasteiger partial charge in [0.1, 0.15) is 0 Å². The van der Waals surface area contributed by atoms with E-state index in [0.29, 0.717) is 26.1 Å². The van der Waals surface area contributed by atoms with Crippen LogP contribution < -0.4 is 10.6 Å². The predicted octanol–water partition coefficient (Wildman–Crippen LogP) is 0.719.